The largest absolute Gasteiger partial charge is 0.354 e. The number of nitrogens with two attached hydrogens (primary N) is 1. The van der Waals surface area contributed by atoms with E-state index in [0.29, 0.717) is 19.6 Å². The number of rotatable bonds is 6. The van der Waals surface area contributed by atoms with Crippen molar-refractivity contribution in [1.82, 2.24) is 4.98 Å². The van der Waals surface area contributed by atoms with Crippen LogP contribution in [-0.2, 0) is 0 Å². The highest BCUT2D eigenvalue weighted by molar-refractivity contribution is 5.39. The Morgan fingerprint density at radius 2 is 2.12 bits per heavy atom. The smallest absolute Gasteiger partial charge is 0.168 e. The van der Waals surface area contributed by atoms with Crippen LogP contribution in [0.25, 0.3) is 0 Å². The molecule has 0 spiro atoms. The van der Waals surface area contributed by atoms with E-state index in [-0.39, 0.29) is 5.82 Å². The number of hydrogen-bond acceptors (Lipinski definition) is 3. The number of nitrogens with zero attached hydrogens (tertiary/aromatic N) is 2. The third-order valence-corrected chi connectivity index (χ3v) is 2.21. The summed E-state index contributed by atoms with van der Waals surface area (Å²) in [5.41, 5.74) is 5.41. The van der Waals surface area contributed by atoms with Crippen LogP contribution in [0.3, 0.4) is 0 Å². The Hall–Kier alpha value is -1.23. The molecule has 90 valence electrons. The lowest BCUT2D eigenvalue weighted by molar-refractivity contribution is 0.564. The van der Waals surface area contributed by atoms with Crippen molar-refractivity contribution in [3.8, 4) is 0 Å². The number of aromatic nitrogens is 1. The van der Waals surface area contributed by atoms with Gasteiger partial charge in [0.1, 0.15) is 5.82 Å². The van der Waals surface area contributed by atoms with Crippen molar-refractivity contribution in [1.29, 1.82) is 0 Å². The number of pyridine rings is 1. The SMILES string of the molecule is CCCN(CCCN)c1ncc(F)cc1F. The molecule has 16 heavy (non-hydrogen) atoms. The minimum absolute atomic E-state index is 0.205. The predicted molar refractivity (Wildman–Crippen MR) is 60.3 cm³/mol. The lowest BCUT2D eigenvalue weighted by Gasteiger charge is -2.23. The zero-order chi connectivity index (χ0) is 12.0. The fourth-order valence-corrected chi connectivity index (χ4v) is 1.52. The van der Waals surface area contributed by atoms with Crippen molar-refractivity contribution in [2.75, 3.05) is 24.5 Å². The first-order chi connectivity index (χ1) is 7.69. The highest BCUT2D eigenvalue weighted by atomic mass is 19.1. The van der Waals surface area contributed by atoms with Crippen LogP contribution in [0.5, 0.6) is 0 Å². The molecule has 1 heterocycles. The summed E-state index contributed by atoms with van der Waals surface area (Å²) in [4.78, 5) is 5.58. The fraction of sp³-hybridized carbons (Fsp3) is 0.545. The topological polar surface area (TPSA) is 42.1 Å². The van der Waals surface area contributed by atoms with Gasteiger partial charge >= 0.3 is 0 Å². The van der Waals surface area contributed by atoms with Crippen LogP contribution < -0.4 is 10.6 Å². The van der Waals surface area contributed by atoms with Crippen LogP contribution in [0.15, 0.2) is 12.3 Å². The summed E-state index contributed by atoms with van der Waals surface area (Å²) in [6.45, 7) is 3.87. The molecule has 0 aliphatic carbocycles. The van der Waals surface area contributed by atoms with Crippen molar-refractivity contribution < 1.29 is 8.78 Å². The van der Waals surface area contributed by atoms with Gasteiger partial charge in [-0.3, -0.25) is 0 Å². The fourth-order valence-electron chi connectivity index (χ4n) is 1.52. The average molecular weight is 229 g/mol. The van der Waals surface area contributed by atoms with Gasteiger partial charge in [-0.05, 0) is 19.4 Å². The molecule has 1 aromatic heterocycles. The van der Waals surface area contributed by atoms with Crippen LogP contribution in [0, 0.1) is 11.6 Å². The van der Waals surface area contributed by atoms with E-state index < -0.39 is 11.6 Å². The van der Waals surface area contributed by atoms with Crippen molar-refractivity contribution >= 4 is 5.82 Å². The summed E-state index contributed by atoms with van der Waals surface area (Å²) < 4.78 is 26.2. The van der Waals surface area contributed by atoms with Gasteiger partial charge in [0.05, 0.1) is 6.20 Å². The van der Waals surface area contributed by atoms with Crippen LogP contribution in [0.2, 0.25) is 0 Å². The van der Waals surface area contributed by atoms with E-state index in [4.69, 9.17) is 5.73 Å². The Balaban J connectivity index is 2.82. The number of halogens is 2. The van der Waals surface area contributed by atoms with Crippen LogP contribution in [0.1, 0.15) is 19.8 Å². The predicted octanol–water partition coefficient (Wildman–Crippen LogP) is 1.92. The summed E-state index contributed by atoms with van der Waals surface area (Å²) in [6, 6.07) is 0.855. The molecule has 1 rings (SSSR count). The van der Waals surface area contributed by atoms with E-state index in [2.05, 4.69) is 4.98 Å². The van der Waals surface area contributed by atoms with Crippen molar-refractivity contribution in [3.63, 3.8) is 0 Å². The quantitative estimate of drug-likeness (QED) is 0.810. The Bertz CT molecular complexity index is 331. The molecule has 0 aromatic carbocycles. The molecular weight excluding hydrogens is 212 g/mol. The van der Waals surface area contributed by atoms with Gasteiger partial charge in [0, 0.05) is 19.2 Å². The zero-order valence-electron chi connectivity index (χ0n) is 9.42. The van der Waals surface area contributed by atoms with Gasteiger partial charge in [-0.25, -0.2) is 13.8 Å². The van der Waals surface area contributed by atoms with Crippen LogP contribution in [0.4, 0.5) is 14.6 Å². The second kappa shape index (κ2) is 6.37. The Morgan fingerprint density at radius 1 is 1.38 bits per heavy atom. The summed E-state index contributed by atoms with van der Waals surface area (Å²) in [7, 11) is 0. The maximum absolute atomic E-state index is 13.5. The third-order valence-electron chi connectivity index (χ3n) is 2.21. The molecule has 0 saturated carbocycles. The molecule has 0 unspecified atom stereocenters. The molecule has 0 atom stereocenters. The third kappa shape index (κ3) is 3.41. The molecule has 0 saturated heterocycles. The number of anilines is 1. The normalized spacial score (nSPS) is 10.5. The Labute approximate surface area is 94.3 Å². The van der Waals surface area contributed by atoms with E-state index >= 15 is 0 Å². The molecule has 0 aliphatic heterocycles. The molecule has 0 fully saturated rings. The number of hydrogen-bond donors (Lipinski definition) is 1. The Kier molecular flexibility index (Phi) is 5.11. The van der Waals surface area contributed by atoms with E-state index in [9.17, 15) is 8.78 Å². The lowest BCUT2D eigenvalue weighted by Crippen LogP contribution is -2.28. The van der Waals surface area contributed by atoms with E-state index in [1.807, 2.05) is 6.92 Å². The lowest BCUT2D eigenvalue weighted by atomic mass is 10.3. The second-order valence-corrected chi connectivity index (χ2v) is 3.59. The van der Waals surface area contributed by atoms with Crippen LogP contribution in [-0.4, -0.2) is 24.6 Å². The molecule has 3 nitrogen and oxygen atoms in total. The van der Waals surface area contributed by atoms with Gasteiger partial charge in [0.25, 0.3) is 0 Å². The molecule has 0 amide bonds. The van der Waals surface area contributed by atoms with E-state index in [0.717, 1.165) is 25.1 Å². The molecular formula is C11H17F2N3. The summed E-state index contributed by atoms with van der Waals surface area (Å²) >= 11 is 0. The zero-order valence-corrected chi connectivity index (χ0v) is 9.42. The van der Waals surface area contributed by atoms with Gasteiger partial charge in [0.2, 0.25) is 0 Å². The first-order valence-electron chi connectivity index (χ1n) is 5.45. The van der Waals surface area contributed by atoms with E-state index in [1.165, 1.54) is 0 Å². The van der Waals surface area contributed by atoms with Gasteiger partial charge in [0.15, 0.2) is 11.6 Å². The summed E-state index contributed by atoms with van der Waals surface area (Å²) in [6.07, 6.45) is 2.67. The average Bonchev–Trinajstić information content (AvgIpc) is 2.25. The minimum atomic E-state index is -0.656. The second-order valence-electron chi connectivity index (χ2n) is 3.59. The van der Waals surface area contributed by atoms with Crippen molar-refractivity contribution in [2.24, 2.45) is 5.73 Å². The van der Waals surface area contributed by atoms with Crippen LogP contribution >= 0.6 is 0 Å². The van der Waals surface area contributed by atoms with E-state index in [1.54, 1.807) is 4.90 Å². The minimum Gasteiger partial charge on any atom is -0.354 e. The highest BCUT2D eigenvalue weighted by Gasteiger charge is 2.12. The monoisotopic (exact) mass is 229 g/mol. The molecule has 1 aromatic rings. The van der Waals surface area contributed by atoms with Crippen molar-refractivity contribution in [2.45, 2.75) is 19.8 Å². The van der Waals surface area contributed by atoms with Gasteiger partial charge in [-0.2, -0.15) is 0 Å². The summed E-state index contributed by atoms with van der Waals surface area (Å²) in [5, 5.41) is 0. The maximum atomic E-state index is 13.5. The molecule has 5 heteroatoms. The maximum Gasteiger partial charge on any atom is 0.168 e. The Morgan fingerprint density at radius 3 is 2.69 bits per heavy atom. The standard InChI is InChI=1S/C11H17F2N3/c1-2-5-16(6-3-4-14)11-10(13)7-9(12)8-15-11/h7-8H,2-6,14H2,1H3. The molecule has 0 bridgehead atoms. The van der Waals surface area contributed by atoms with Gasteiger partial charge < -0.3 is 10.6 Å². The first kappa shape index (κ1) is 12.8. The first-order valence-corrected chi connectivity index (χ1v) is 5.45. The molecule has 0 radical (unpaired) electrons. The molecule has 2 N–H and O–H groups in total. The van der Waals surface area contributed by atoms with Crippen molar-refractivity contribution in [3.05, 3.63) is 23.9 Å². The van der Waals surface area contributed by atoms with Gasteiger partial charge in [-0.15, -0.1) is 0 Å². The highest BCUT2D eigenvalue weighted by Crippen LogP contribution is 2.17. The summed E-state index contributed by atoms with van der Waals surface area (Å²) in [5.74, 6) is -1.07. The molecule has 0 aliphatic rings. The van der Waals surface area contributed by atoms with Gasteiger partial charge in [-0.1, -0.05) is 6.92 Å².